The molecule has 5 heteroatoms. The van der Waals surface area contributed by atoms with E-state index in [4.69, 9.17) is 34.8 Å². The Kier molecular flexibility index (Phi) is 4.25. The van der Waals surface area contributed by atoms with Gasteiger partial charge in [-0.2, -0.15) is 0 Å². The first kappa shape index (κ1) is 14.1. The van der Waals surface area contributed by atoms with Crippen LogP contribution in [0.1, 0.15) is 21.5 Å². The fourth-order valence-electron chi connectivity index (χ4n) is 1.62. The minimum Gasteiger partial charge on any atom is -0.288 e. The van der Waals surface area contributed by atoms with Crippen LogP contribution in [0.25, 0.3) is 0 Å². The van der Waals surface area contributed by atoms with Crippen LogP contribution in [-0.4, -0.2) is 12.1 Å². The number of carbonyl (C=O) groups excluding carboxylic acids is 2. The van der Waals surface area contributed by atoms with Crippen molar-refractivity contribution in [3.8, 4) is 0 Å². The number of benzene rings is 2. The fourth-order valence-corrected chi connectivity index (χ4v) is 2.42. The van der Waals surface area contributed by atoms with E-state index in [1.165, 1.54) is 12.1 Å². The third-order valence-electron chi connectivity index (χ3n) is 2.55. The number of hydrogen-bond donors (Lipinski definition) is 0. The molecule has 0 heterocycles. The molecule has 0 bridgehead atoms. The Morgan fingerprint density at radius 2 is 1.63 bits per heavy atom. The van der Waals surface area contributed by atoms with Crippen LogP contribution in [0.2, 0.25) is 15.1 Å². The molecule has 19 heavy (non-hydrogen) atoms. The molecule has 2 aromatic rings. The van der Waals surface area contributed by atoms with Crippen LogP contribution in [0.5, 0.6) is 0 Å². The second kappa shape index (κ2) is 5.74. The topological polar surface area (TPSA) is 34.1 Å². The molecule has 0 saturated carbocycles. The highest BCUT2D eigenvalue weighted by atomic mass is 35.5. The zero-order valence-corrected chi connectivity index (χ0v) is 11.7. The van der Waals surface area contributed by atoms with Crippen molar-refractivity contribution in [3.63, 3.8) is 0 Å². The van der Waals surface area contributed by atoms with Gasteiger partial charge in [0.2, 0.25) is 6.29 Å². The highest BCUT2D eigenvalue weighted by Crippen LogP contribution is 2.31. The lowest BCUT2D eigenvalue weighted by Crippen LogP contribution is -2.05. The summed E-state index contributed by atoms with van der Waals surface area (Å²) in [6.07, 6.45) is 1.66. The summed E-state index contributed by atoms with van der Waals surface area (Å²) >= 11 is 17.9. The molecular weight excluding hydrogens is 307 g/mol. The van der Waals surface area contributed by atoms with Gasteiger partial charge in [-0.3, -0.25) is 9.59 Å². The maximum atomic E-state index is 12.4. The van der Waals surface area contributed by atoms with E-state index in [0.717, 1.165) is 0 Å². The van der Waals surface area contributed by atoms with Gasteiger partial charge in [0, 0.05) is 11.1 Å². The van der Waals surface area contributed by atoms with Gasteiger partial charge in [0.25, 0.3) is 0 Å². The average molecular weight is 313 g/mol. The van der Waals surface area contributed by atoms with Gasteiger partial charge in [-0.25, -0.2) is 0 Å². The van der Waals surface area contributed by atoms with Crippen molar-refractivity contribution in [3.05, 3.63) is 68.2 Å². The average Bonchev–Trinajstić information content (AvgIpc) is 2.39. The Labute approximate surface area is 124 Å². The van der Waals surface area contributed by atoms with E-state index in [1.54, 1.807) is 30.6 Å². The van der Waals surface area contributed by atoms with Crippen molar-refractivity contribution in [2.24, 2.45) is 0 Å². The van der Waals surface area contributed by atoms with Gasteiger partial charge in [-0.1, -0.05) is 46.9 Å². The molecule has 0 aromatic heterocycles. The summed E-state index contributed by atoms with van der Waals surface area (Å²) < 4.78 is 0. The molecule has 0 atom stereocenters. The molecule has 0 unspecified atom stereocenters. The molecule has 0 amide bonds. The highest BCUT2D eigenvalue weighted by molar-refractivity contribution is 6.43. The second-order valence-corrected chi connectivity index (χ2v) is 4.89. The number of halogens is 3. The van der Waals surface area contributed by atoms with Gasteiger partial charge >= 0.3 is 0 Å². The molecular formula is C14H6Cl3O2. The van der Waals surface area contributed by atoms with Crippen LogP contribution in [0.15, 0.2) is 36.4 Å². The Morgan fingerprint density at radius 3 is 2.26 bits per heavy atom. The maximum absolute atomic E-state index is 12.4. The largest absolute Gasteiger partial charge is 0.288 e. The molecule has 0 N–H and O–H groups in total. The van der Waals surface area contributed by atoms with Crippen LogP contribution in [0, 0.1) is 0 Å². The van der Waals surface area contributed by atoms with Crippen LogP contribution in [0.3, 0.4) is 0 Å². The van der Waals surface area contributed by atoms with E-state index in [1.807, 2.05) is 0 Å². The molecule has 2 aromatic carbocycles. The molecule has 0 spiro atoms. The van der Waals surface area contributed by atoms with Gasteiger partial charge in [-0.05, 0) is 24.3 Å². The monoisotopic (exact) mass is 311 g/mol. The minimum absolute atomic E-state index is 0.0209. The first-order valence-electron chi connectivity index (χ1n) is 5.21. The molecule has 0 aliphatic rings. The quantitative estimate of drug-likeness (QED) is 0.790. The van der Waals surface area contributed by atoms with E-state index >= 15 is 0 Å². The molecule has 0 aliphatic heterocycles. The van der Waals surface area contributed by atoms with E-state index in [2.05, 4.69) is 0 Å². The van der Waals surface area contributed by atoms with Crippen molar-refractivity contribution in [2.45, 2.75) is 0 Å². The molecule has 0 aliphatic carbocycles. The Balaban J connectivity index is 2.63. The number of hydrogen-bond acceptors (Lipinski definition) is 2. The molecule has 2 nitrogen and oxygen atoms in total. The zero-order valence-electron chi connectivity index (χ0n) is 9.41. The number of carbonyl (C=O) groups is 1. The van der Waals surface area contributed by atoms with E-state index in [9.17, 15) is 9.59 Å². The first-order valence-corrected chi connectivity index (χ1v) is 6.35. The molecule has 2 rings (SSSR count). The van der Waals surface area contributed by atoms with Crippen LogP contribution < -0.4 is 0 Å². The van der Waals surface area contributed by atoms with Gasteiger partial charge in [0.05, 0.1) is 20.6 Å². The van der Waals surface area contributed by atoms with Crippen molar-refractivity contribution in [1.29, 1.82) is 0 Å². The lowest BCUT2D eigenvalue weighted by Gasteiger charge is -2.08. The lowest BCUT2D eigenvalue weighted by atomic mass is 10.0. The Bertz CT molecular complexity index is 666. The zero-order chi connectivity index (χ0) is 14.0. The summed E-state index contributed by atoms with van der Waals surface area (Å²) in [6, 6.07) is 9.37. The fraction of sp³-hybridized carbons (Fsp3) is 0. The molecule has 0 fully saturated rings. The Hall–Kier alpha value is -1.35. The molecule has 1 radical (unpaired) electrons. The molecule has 0 saturated heterocycles. The summed E-state index contributed by atoms with van der Waals surface area (Å²) in [5, 5.41) is 0.432. The highest BCUT2D eigenvalue weighted by Gasteiger charge is 2.21. The van der Waals surface area contributed by atoms with Gasteiger partial charge in [-0.15, -0.1) is 0 Å². The lowest BCUT2D eigenvalue weighted by molar-refractivity contribution is 0.103. The summed E-state index contributed by atoms with van der Waals surface area (Å²) in [4.78, 5) is 23.1. The predicted octanol–water partition coefficient (Wildman–Crippen LogP) is 4.34. The SMILES string of the molecule is O=[C]c1ccc(Cl)c(C(=O)c2ccccc2Cl)c1Cl. The normalized spacial score (nSPS) is 10.3. The second-order valence-electron chi connectivity index (χ2n) is 3.69. The summed E-state index contributed by atoms with van der Waals surface area (Å²) in [6.45, 7) is 0. The minimum atomic E-state index is -0.433. The standard InChI is InChI=1S/C14H6Cl3O2/c15-10-4-2-1-3-9(10)14(19)12-11(16)6-5-8(7-18)13(12)17/h1-6H. The van der Waals surface area contributed by atoms with Crippen LogP contribution in [-0.2, 0) is 4.79 Å². The van der Waals surface area contributed by atoms with E-state index in [0.29, 0.717) is 5.02 Å². The van der Waals surface area contributed by atoms with E-state index < -0.39 is 5.78 Å². The maximum Gasteiger partial charge on any atom is 0.235 e. The van der Waals surface area contributed by atoms with Gasteiger partial charge in [0.15, 0.2) is 5.78 Å². The van der Waals surface area contributed by atoms with Gasteiger partial charge in [0.1, 0.15) is 0 Å². The Morgan fingerprint density at radius 1 is 0.947 bits per heavy atom. The van der Waals surface area contributed by atoms with Crippen molar-refractivity contribution >= 4 is 46.9 Å². The predicted molar refractivity (Wildman–Crippen MR) is 76.1 cm³/mol. The van der Waals surface area contributed by atoms with Crippen molar-refractivity contribution in [1.82, 2.24) is 0 Å². The third kappa shape index (κ3) is 2.66. The van der Waals surface area contributed by atoms with Crippen LogP contribution >= 0.6 is 34.8 Å². The summed E-state index contributed by atoms with van der Waals surface area (Å²) in [7, 11) is 0. The van der Waals surface area contributed by atoms with Crippen molar-refractivity contribution < 1.29 is 9.59 Å². The number of rotatable bonds is 3. The summed E-state index contributed by atoms with van der Waals surface area (Å²) in [5.41, 5.74) is 0.412. The number of ketones is 1. The van der Waals surface area contributed by atoms with Crippen LogP contribution in [0.4, 0.5) is 0 Å². The third-order valence-corrected chi connectivity index (χ3v) is 3.58. The summed E-state index contributed by atoms with van der Waals surface area (Å²) in [5.74, 6) is -0.433. The van der Waals surface area contributed by atoms with Gasteiger partial charge < -0.3 is 0 Å². The smallest absolute Gasteiger partial charge is 0.235 e. The van der Waals surface area contributed by atoms with E-state index in [-0.39, 0.29) is 26.7 Å². The first-order chi connectivity index (χ1) is 9.06. The molecule has 95 valence electrons. The van der Waals surface area contributed by atoms with Crippen molar-refractivity contribution in [2.75, 3.05) is 0 Å².